The fourth-order valence-electron chi connectivity index (χ4n) is 2.22. The maximum absolute atomic E-state index is 12.2. The molecule has 18 heavy (non-hydrogen) atoms. The van der Waals surface area contributed by atoms with Crippen molar-refractivity contribution in [1.82, 2.24) is 5.32 Å². The molecule has 4 nitrogen and oxygen atoms in total. The summed E-state index contributed by atoms with van der Waals surface area (Å²) in [4.78, 5) is 12.2. The zero-order chi connectivity index (χ0) is 13.1. The van der Waals surface area contributed by atoms with Crippen LogP contribution in [0.25, 0.3) is 0 Å². The maximum atomic E-state index is 12.2. The Labute approximate surface area is 107 Å². The lowest BCUT2D eigenvalue weighted by Gasteiger charge is -2.22. The van der Waals surface area contributed by atoms with E-state index in [0.29, 0.717) is 6.54 Å². The van der Waals surface area contributed by atoms with Gasteiger partial charge in [-0.05, 0) is 17.5 Å². The van der Waals surface area contributed by atoms with Crippen LogP contribution in [-0.2, 0) is 4.79 Å². The number of fused-ring (bicyclic) bond motifs is 1. The van der Waals surface area contributed by atoms with Crippen molar-refractivity contribution in [2.24, 2.45) is 5.92 Å². The lowest BCUT2D eigenvalue weighted by molar-refractivity contribution is -0.123. The zero-order valence-corrected chi connectivity index (χ0v) is 10.8. The van der Waals surface area contributed by atoms with Gasteiger partial charge in [-0.1, -0.05) is 32.0 Å². The van der Waals surface area contributed by atoms with Crippen LogP contribution < -0.4 is 10.6 Å². The Bertz CT molecular complexity index is 432. The fourth-order valence-corrected chi connectivity index (χ4v) is 2.22. The molecule has 0 bridgehead atoms. The Kier molecular flexibility index (Phi) is 3.87. The summed E-state index contributed by atoms with van der Waals surface area (Å²) in [5.74, 6) is 0.0535. The van der Waals surface area contributed by atoms with Crippen molar-refractivity contribution in [2.75, 3.05) is 18.5 Å². The Morgan fingerprint density at radius 2 is 2.22 bits per heavy atom. The van der Waals surface area contributed by atoms with Crippen molar-refractivity contribution >= 4 is 11.6 Å². The molecule has 0 aromatic heterocycles. The van der Waals surface area contributed by atoms with Gasteiger partial charge in [0.25, 0.3) is 0 Å². The van der Waals surface area contributed by atoms with E-state index in [2.05, 4.69) is 10.6 Å². The van der Waals surface area contributed by atoms with Gasteiger partial charge in [-0.15, -0.1) is 0 Å². The summed E-state index contributed by atoms with van der Waals surface area (Å²) in [5.41, 5.74) is 2.07. The number of anilines is 1. The van der Waals surface area contributed by atoms with Crippen LogP contribution in [0.3, 0.4) is 0 Å². The van der Waals surface area contributed by atoms with Gasteiger partial charge in [0, 0.05) is 12.2 Å². The van der Waals surface area contributed by atoms with Crippen LogP contribution in [0.4, 0.5) is 5.69 Å². The van der Waals surface area contributed by atoms with E-state index in [0.717, 1.165) is 11.3 Å². The highest BCUT2D eigenvalue weighted by Gasteiger charge is 2.29. The molecule has 1 heterocycles. The molecule has 0 radical (unpaired) electrons. The van der Waals surface area contributed by atoms with Crippen molar-refractivity contribution in [3.05, 3.63) is 29.8 Å². The van der Waals surface area contributed by atoms with Crippen molar-refractivity contribution in [1.29, 1.82) is 0 Å². The summed E-state index contributed by atoms with van der Waals surface area (Å²) in [6, 6.07) is 7.68. The molecule has 1 aliphatic heterocycles. The third-order valence-corrected chi connectivity index (χ3v) is 3.48. The highest BCUT2D eigenvalue weighted by Crippen LogP contribution is 2.31. The number of amides is 1. The van der Waals surface area contributed by atoms with Gasteiger partial charge in [0.05, 0.1) is 18.6 Å². The summed E-state index contributed by atoms with van der Waals surface area (Å²) < 4.78 is 0. The van der Waals surface area contributed by atoms with Crippen LogP contribution >= 0.6 is 0 Å². The molecule has 0 spiro atoms. The van der Waals surface area contributed by atoms with E-state index in [9.17, 15) is 9.90 Å². The highest BCUT2D eigenvalue weighted by atomic mass is 16.3. The van der Waals surface area contributed by atoms with Crippen LogP contribution in [0, 0.1) is 5.92 Å². The Hall–Kier alpha value is -1.55. The summed E-state index contributed by atoms with van der Waals surface area (Å²) in [6.07, 6.45) is 0. The van der Waals surface area contributed by atoms with E-state index in [1.807, 2.05) is 38.1 Å². The van der Waals surface area contributed by atoms with Crippen molar-refractivity contribution in [3.63, 3.8) is 0 Å². The first-order valence-corrected chi connectivity index (χ1v) is 6.37. The molecule has 0 saturated heterocycles. The molecule has 98 valence electrons. The Morgan fingerprint density at radius 3 is 2.89 bits per heavy atom. The van der Waals surface area contributed by atoms with E-state index < -0.39 is 0 Å². The molecular weight excluding hydrogens is 228 g/mol. The molecule has 2 unspecified atom stereocenters. The minimum Gasteiger partial charge on any atom is -0.394 e. The molecule has 3 N–H and O–H groups in total. The van der Waals surface area contributed by atoms with Gasteiger partial charge in [0.15, 0.2) is 0 Å². The second-order valence-electron chi connectivity index (χ2n) is 5.06. The van der Waals surface area contributed by atoms with E-state index in [1.165, 1.54) is 0 Å². The monoisotopic (exact) mass is 248 g/mol. The van der Waals surface area contributed by atoms with Crippen LogP contribution in [0.5, 0.6) is 0 Å². The standard InChI is InChI=1S/C14H20N2O2/c1-9(2)13(8-17)16-14(18)11-7-15-12-6-4-3-5-10(11)12/h3-6,9,11,13,15,17H,7-8H2,1-2H3,(H,16,18). The summed E-state index contributed by atoms with van der Waals surface area (Å²) >= 11 is 0. The third-order valence-electron chi connectivity index (χ3n) is 3.48. The Morgan fingerprint density at radius 1 is 1.50 bits per heavy atom. The second-order valence-corrected chi connectivity index (χ2v) is 5.06. The molecule has 0 fully saturated rings. The van der Waals surface area contributed by atoms with Crippen molar-refractivity contribution in [2.45, 2.75) is 25.8 Å². The van der Waals surface area contributed by atoms with Crippen LogP contribution in [0.2, 0.25) is 0 Å². The van der Waals surface area contributed by atoms with Gasteiger partial charge >= 0.3 is 0 Å². The van der Waals surface area contributed by atoms with Gasteiger partial charge in [0.1, 0.15) is 0 Å². The summed E-state index contributed by atoms with van der Waals surface area (Å²) in [5, 5.41) is 15.4. The van der Waals surface area contributed by atoms with Crippen molar-refractivity contribution in [3.8, 4) is 0 Å². The number of hydrogen-bond donors (Lipinski definition) is 3. The van der Waals surface area contributed by atoms with Gasteiger partial charge in [-0.25, -0.2) is 0 Å². The normalized spacial score (nSPS) is 19.2. The molecule has 1 aromatic carbocycles. The molecule has 0 aliphatic carbocycles. The SMILES string of the molecule is CC(C)C(CO)NC(=O)C1CNc2ccccc21. The fraction of sp³-hybridized carbons (Fsp3) is 0.500. The average molecular weight is 248 g/mol. The second kappa shape index (κ2) is 5.40. The molecule has 2 atom stereocenters. The number of para-hydroxylation sites is 1. The van der Waals surface area contributed by atoms with Crippen LogP contribution in [0.15, 0.2) is 24.3 Å². The van der Waals surface area contributed by atoms with E-state index in [4.69, 9.17) is 0 Å². The largest absolute Gasteiger partial charge is 0.394 e. The minimum atomic E-state index is -0.176. The van der Waals surface area contributed by atoms with Gasteiger partial charge in [-0.3, -0.25) is 4.79 Å². The third kappa shape index (κ3) is 2.48. The molecule has 2 rings (SSSR count). The van der Waals surface area contributed by atoms with Gasteiger partial charge in [-0.2, -0.15) is 0 Å². The predicted octanol–water partition coefficient (Wildman–Crippen LogP) is 1.33. The number of rotatable bonds is 4. The molecule has 1 amide bonds. The van der Waals surface area contributed by atoms with E-state index in [1.54, 1.807) is 0 Å². The predicted molar refractivity (Wildman–Crippen MR) is 71.5 cm³/mol. The minimum absolute atomic E-state index is 0.0137. The van der Waals surface area contributed by atoms with Gasteiger partial charge < -0.3 is 15.7 Å². The molecule has 1 aliphatic rings. The first-order valence-electron chi connectivity index (χ1n) is 6.37. The smallest absolute Gasteiger partial charge is 0.229 e. The first-order chi connectivity index (χ1) is 8.63. The Balaban J connectivity index is 2.07. The molecular formula is C14H20N2O2. The number of carbonyl (C=O) groups excluding carboxylic acids is 1. The average Bonchev–Trinajstić information content (AvgIpc) is 2.79. The van der Waals surface area contributed by atoms with E-state index >= 15 is 0 Å². The van der Waals surface area contributed by atoms with Crippen LogP contribution in [0.1, 0.15) is 25.3 Å². The van der Waals surface area contributed by atoms with Crippen molar-refractivity contribution < 1.29 is 9.90 Å². The molecule has 0 saturated carbocycles. The summed E-state index contributed by atoms with van der Waals surface area (Å²) in [6.45, 7) is 4.58. The van der Waals surface area contributed by atoms with E-state index in [-0.39, 0.29) is 30.4 Å². The summed E-state index contributed by atoms with van der Waals surface area (Å²) in [7, 11) is 0. The number of aliphatic hydroxyl groups excluding tert-OH is 1. The number of aliphatic hydroxyl groups is 1. The zero-order valence-electron chi connectivity index (χ0n) is 10.8. The quantitative estimate of drug-likeness (QED) is 0.753. The maximum Gasteiger partial charge on any atom is 0.229 e. The first kappa shape index (κ1) is 12.9. The topological polar surface area (TPSA) is 61.4 Å². The lowest BCUT2D eigenvalue weighted by atomic mass is 9.98. The van der Waals surface area contributed by atoms with Gasteiger partial charge in [0.2, 0.25) is 5.91 Å². The number of carbonyl (C=O) groups is 1. The number of benzene rings is 1. The number of hydrogen-bond acceptors (Lipinski definition) is 3. The molecule has 4 heteroatoms. The highest BCUT2D eigenvalue weighted by molar-refractivity contribution is 5.88. The number of nitrogens with one attached hydrogen (secondary N) is 2. The lowest BCUT2D eigenvalue weighted by Crippen LogP contribution is -2.43. The van der Waals surface area contributed by atoms with Crippen LogP contribution in [-0.4, -0.2) is 30.2 Å². The molecule has 1 aromatic rings.